The van der Waals surface area contributed by atoms with Crippen molar-refractivity contribution < 1.29 is 4.79 Å². The predicted octanol–water partition coefficient (Wildman–Crippen LogP) is 5.32. The summed E-state index contributed by atoms with van der Waals surface area (Å²) in [4.78, 5) is 12.2. The maximum Gasteiger partial charge on any atom is 0.255 e. The van der Waals surface area contributed by atoms with E-state index < -0.39 is 0 Å². The van der Waals surface area contributed by atoms with Crippen LogP contribution in [0.15, 0.2) is 77.3 Å². The second-order valence-corrected chi connectivity index (χ2v) is 6.24. The molecule has 0 spiro atoms. The molecule has 3 aromatic carbocycles. The molecule has 5 heteroatoms. The Morgan fingerprint density at radius 2 is 1.64 bits per heavy atom. The first-order valence-corrected chi connectivity index (χ1v) is 8.38. The summed E-state index contributed by atoms with van der Waals surface area (Å²) in [6.45, 7) is 0. The van der Waals surface area contributed by atoms with Crippen molar-refractivity contribution in [3.8, 4) is 6.07 Å². The fraction of sp³-hybridized carbons (Fsp3) is 0. The van der Waals surface area contributed by atoms with Crippen LogP contribution in [0, 0.1) is 11.3 Å². The van der Waals surface area contributed by atoms with Crippen LogP contribution in [-0.4, -0.2) is 5.91 Å². The fourth-order valence-corrected chi connectivity index (χ4v) is 2.71. The topological polar surface area (TPSA) is 64.9 Å². The van der Waals surface area contributed by atoms with Gasteiger partial charge in [-0.1, -0.05) is 34.1 Å². The van der Waals surface area contributed by atoms with Crippen LogP contribution in [0.25, 0.3) is 0 Å². The molecule has 0 heterocycles. The Morgan fingerprint density at radius 1 is 0.920 bits per heavy atom. The monoisotopic (exact) mass is 391 g/mol. The number of para-hydroxylation sites is 1. The van der Waals surface area contributed by atoms with Crippen LogP contribution >= 0.6 is 15.9 Å². The zero-order valence-corrected chi connectivity index (χ0v) is 14.7. The summed E-state index contributed by atoms with van der Waals surface area (Å²) in [5.41, 5.74) is 3.44. The minimum absolute atomic E-state index is 0.170. The number of nitriles is 1. The summed E-state index contributed by atoms with van der Waals surface area (Å²) in [5, 5.41) is 15.2. The van der Waals surface area contributed by atoms with Gasteiger partial charge in [-0.15, -0.1) is 0 Å². The predicted molar refractivity (Wildman–Crippen MR) is 103 cm³/mol. The first kappa shape index (κ1) is 16.7. The number of halogens is 1. The highest BCUT2D eigenvalue weighted by Crippen LogP contribution is 2.22. The van der Waals surface area contributed by atoms with Gasteiger partial charge in [0.1, 0.15) is 6.07 Å². The van der Waals surface area contributed by atoms with Crippen LogP contribution in [0.1, 0.15) is 15.9 Å². The summed E-state index contributed by atoms with van der Waals surface area (Å²) in [7, 11) is 0. The molecule has 0 unspecified atom stereocenters. The summed E-state index contributed by atoms with van der Waals surface area (Å²) < 4.78 is 0.857. The van der Waals surface area contributed by atoms with Gasteiger partial charge in [0.25, 0.3) is 5.91 Å². The third kappa shape index (κ3) is 4.25. The van der Waals surface area contributed by atoms with Gasteiger partial charge in [-0.25, -0.2) is 0 Å². The van der Waals surface area contributed by atoms with Crippen molar-refractivity contribution in [2.45, 2.75) is 0 Å². The lowest BCUT2D eigenvalue weighted by Crippen LogP contribution is -2.11. The number of carbonyl (C=O) groups is 1. The molecule has 0 aliphatic carbocycles. The number of amides is 1. The minimum atomic E-state index is -0.170. The number of hydrogen-bond donors (Lipinski definition) is 2. The Bertz CT molecular complexity index is 946. The number of hydrogen-bond acceptors (Lipinski definition) is 3. The van der Waals surface area contributed by atoms with Crippen LogP contribution in [0.5, 0.6) is 0 Å². The van der Waals surface area contributed by atoms with E-state index in [2.05, 4.69) is 32.6 Å². The van der Waals surface area contributed by atoms with E-state index >= 15 is 0 Å². The molecule has 122 valence electrons. The van der Waals surface area contributed by atoms with Crippen LogP contribution in [0.4, 0.5) is 17.1 Å². The summed E-state index contributed by atoms with van der Waals surface area (Å²) in [6.07, 6.45) is 0. The van der Waals surface area contributed by atoms with E-state index in [4.69, 9.17) is 5.26 Å². The molecule has 1 amide bonds. The third-order valence-corrected chi connectivity index (χ3v) is 4.05. The molecule has 0 aliphatic heterocycles. The second-order valence-electron chi connectivity index (χ2n) is 5.32. The maximum absolute atomic E-state index is 12.2. The molecule has 0 aromatic heterocycles. The van der Waals surface area contributed by atoms with E-state index in [9.17, 15) is 4.79 Å². The largest absolute Gasteiger partial charge is 0.354 e. The molecule has 0 bridgehead atoms. The quantitative estimate of drug-likeness (QED) is 0.632. The number of rotatable bonds is 4. The summed E-state index contributed by atoms with van der Waals surface area (Å²) in [6, 6.07) is 24.0. The molecular weight excluding hydrogens is 378 g/mol. The van der Waals surface area contributed by atoms with Gasteiger partial charge in [-0.05, 0) is 54.6 Å². The van der Waals surface area contributed by atoms with Gasteiger partial charge >= 0.3 is 0 Å². The summed E-state index contributed by atoms with van der Waals surface area (Å²) >= 11 is 3.36. The molecule has 0 saturated carbocycles. The van der Waals surface area contributed by atoms with E-state index in [1.54, 1.807) is 18.2 Å². The highest BCUT2D eigenvalue weighted by atomic mass is 79.9. The molecule has 3 rings (SSSR count). The van der Waals surface area contributed by atoms with Crippen molar-refractivity contribution in [2.24, 2.45) is 0 Å². The standard InChI is InChI=1S/C20H14BrN3O/c21-16-6-3-5-14(12-16)20(25)24-18-10-8-17(9-11-18)23-19-7-2-1-4-15(19)13-22/h1-12,23H,(H,24,25). The van der Waals surface area contributed by atoms with Crippen molar-refractivity contribution in [1.82, 2.24) is 0 Å². The van der Waals surface area contributed by atoms with Crippen molar-refractivity contribution in [3.63, 3.8) is 0 Å². The van der Waals surface area contributed by atoms with Crippen LogP contribution in [-0.2, 0) is 0 Å². The number of carbonyl (C=O) groups excluding carboxylic acids is 1. The second kappa shape index (κ2) is 7.65. The van der Waals surface area contributed by atoms with Crippen molar-refractivity contribution >= 4 is 38.9 Å². The number of anilines is 3. The first-order valence-electron chi connectivity index (χ1n) is 7.59. The Kier molecular flexibility index (Phi) is 5.12. The number of benzene rings is 3. The molecule has 4 nitrogen and oxygen atoms in total. The van der Waals surface area contributed by atoms with E-state index in [1.165, 1.54) is 0 Å². The number of nitrogens with one attached hydrogen (secondary N) is 2. The van der Waals surface area contributed by atoms with Gasteiger partial charge in [0.15, 0.2) is 0 Å². The number of nitrogens with zero attached hydrogens (tertiary/aromatic N) is 1. The lowest BCUT2D eigenvalue weighted by molar-refractivity contribution is 0.102. The van der Waals surface area contributed by atoms with E-state index in [-0.39, 0.29) is 5.91 Å². The lowest BCUT2D eigenvalue weighted by atomic mass is 10.2. The SMILES string of the molecule is N#Cc1ccccc1Nc1ccc(NC(=O)c2cccc(Br)c2)cc1. The Labute approximate surface area is 154 Å². The highest BCUT2D eigenvalue weighted by molar-refractivity contribution is 9.10. The normalized spacial score (nSPS) is 9.92. The third-order valence-electron chi connectivity index (χ3n) is 3.56. The zero-order valence-electron chi connectivity index (χ0n) is 13.2. The van der Waals surface area contributed by atoms with Gasteiger partial charge in [0.05, 0.1) is 11.3 Å². The van der Waals surface area contributed by atoms with Gasteiger partial charge in [0.2, 0.25) is 0 Å². The molecule has 0 saturated heterocycles. The molecule has 3 aromatic rings. The first-order chi connectivity index (χ1) is 12.2. The molecule has 25 heavy (non-hydrogen) atoms. The van der Waals surface area contributed by atoms with Gasteiger partial charge in [0, 0.05) is 21.4 Å². The smallest absolute Gasteiger partial charge is 0.255 e. The van der Waals surface area contributed by atoms with E-state index in [0.717, 1.165) is 15.8 Å². The molecule has 0 atom stereocenters. The zero-order chi connectivity index (χ0) is 17.6. The van der Waals surface area contributed by atoms with Crippen LogP contribution in [0.3, 0.4) is 0 Å². The Hall–Kier alpha value is -3.10. The molecular formula is C20H14BrN3O. The van der Waals surface area contributed by atoms with Crippen molar-refractivity contribution in [3.05, 3.63) is 88.4 Å². The van der Waals surface area contributed by atoms with Crippen molar-refractivity contribution in [1.29, 1.82) is 5.26 Å². The highest BCUT2D eigenvalue weighted by Gasteiger charge is 2.07. The maximum atomic E-state index is 12.2. The van der Waals surface area contributed by atoms with Gasteiger partial charge < -0.3 is 10.6 Å². The van der Waals surface area contributed by atoms with Crippen LogP contribution < -0.4 is 10.6 Å². The van der Waals surface area contributed by atoms with Gasteiger partial charge in [-0.2, -0.15) is 5.26 Å². The van der Waals surface area contributed by atoms with E-state index in [1.807, 2.05) is 54.6 Å². The minimum Gasteiger partial charge on any atom is -0.354 e. The van der Waals surface area contributed by atoms with Gasteiger partial charge in [-0.3, -0.25) is 4.79 Å². The summed E-state index contributed by atoms with van der Waals surface area (Å²) in [5.74, 6) is -0.170. The molecule has 2 N–H and O–H groups in total. The molecule has 0 fully saturated rings. The van der Waals surface area contributed by atoms with Crippen LogP contribution in [0.2, 0.25) is 0 Å². The average Bonchev–Trinajstić information content (AvgIpc) is 2.64. The Morgan fingerprint density at radius 3 is 2.36 bits per heavy atom. The average molecular weight is 392 g/mol. The fourth-order valence-electron chi connectivity index (χ4n) is 2.31. The lowest BCUT2D eigenvalue weighted by Gasteiger charge is -2.10. The molecule has 0 aliphatic rings. The van der Waals surface area contributed by atoms with E-state index in [0.29, 0.717) is 16.8 Å². The van der Waals surface area contributed by atoms with Crippen molar-refractivity contribution in [2.75, 3.05) is 10.6 Å². The molecule has 0 radical (unpaired) electrons. The Balaban J connectivity index is 1.70.